The number of carbonyl (C=O) groups excluding carboxylic acids is 1. The number of ketones is 1. The third-order valence-corrected chi connectivity index (χ3v) is 3.87. The molecule has 0 fully saturated rings. The smallest absolute Gasteiger partial charge is 0.172 e. The molecule has 0 aliphatic heterocycles. The van der Waals surface area contributed by atoms with Crippen LogP contribution >= 0.6 is 23.5 Å². The molecule has 0 saturated carbocycles. The first kappa shape index (κ1) is 12.7. The van der Waals surface area contributed by atoms with Gasteiger partial charge in [-0.25, -0.2) is 0 Å². The molecule has 0 heterocycles. The third-order valence-electron chi connectivity index (χ3n) is 2.04. The average molecular weight is 240 g/mol. The number of hydrogen-bond acceptors (Lipinski definition) is 3. The fourth-order valence-electron chi connectivity index (χ4n) is 1.13. The number of rotatable bonds is 6. The minimum absolute atomic E-state index is 0.237. The van der Waals surface area contributed by atoms with Crippen molar-refractivity contribution in [3.63, 3.8) is 0 Å². The molecule has 0 unspecified atom stereocenters. The third kappa shape index (κ3) is 4.76. The van der Waals surface area contributed by atoms with Crippen molar-refractivity contribution in [1.29, 1.82) is 0 Å². The van der Waals surface area contributed by atoms with E-state index in [4.69, 9.17) is 0 Å². The first-order valence-electron chi connectivity index (χ1n) is 4.90. The van der Waals surface area contributed by atoms with E-state index < -0.39 is 0 Å². The summed E-state index contributed by atoms with van der Waals surface area (Å²) in [5.74, 6) is 3.01. The van der Waals surface area contributed by atoms with Crippen molar-refractivity contribution >= 4 is 29.3 Å². The van der Waals surface area contributed by atoms with E-state index in [2.05, 4.69) is 6.26 Å². The summed E-state index contributed by atoms with van der Waals surface area (Å²) in [7, 11) is 0. The second kappa shape index (κ2) is 6.96. The highest BCUT2D eigenvalue weighted by Crippen LogP contribution is 2.10. The fourth-order valence-corrected chi connectivity index (χ4v) is 2.76. The zero-order valence-corrected chi connectivity index (χ0v) is 10.8. The van der Waals surface area contributed by atoms with Crippen molar-refractivity contribution in [1.82, 2.24) is 0 Å². The molecule has 0 N–H and O–H groups in total. The molecular weight excluding hydrogens is 224 g/mol. The molecule has 0 spiro atoms. The van der Waals surface area contributed by atoms with Crippen LogP contribution in [0.25, 0.3) is 0 Å². The minimum Gasteiger partial charge on any atom is -0.293 e. The molecular formula is C12H16OS2. The topological polar surface area (TPSA) is 17.1 Å². The van der Waals surface area contributed by atoms with Crippen LogP contribution < -0.4 is 0 Å². The van der Waals surface area contributed by atoms with Gasteiger partial charge in [0.2, 0.25) is 0 Å². The Morgan fingerprint density at radius 2 is 1.87 bits per heavy atom. The van der Waals surface area contributed by atoms with Crippen LogP contribution in [-0.4, -0.2) is 29.3 Å². The number of aryl methyl sites for hydroxylation is 1. The van der Waals surface area contributed by atoms with Crippen LogP contribution in [0.2, 0.25) is 0 Å². The Kier molecular flexibility index (Phi) is 5.88. The lowest BCUT2D eigenvalue weighted by atomic mass is 10.1. The molecule has 15 heavy (non-hydrogen) atoms. The maximum Gasteiger partial charge on any atom is 0.172 e. The van der Waals surface area contributed by atoms with E-state index in [-0.39, 0.29) is 5.78 Å². The summed E-state index contributed by atoms with van der Waals surface area (Å²) in [6.07, 6.45) is 2.09. The maximum absolute atomic E-state index is 11.7. The molecule has 1 aromatic rings. The van der Waals surface area contributed by atoms with Crippen molar-refractivity contribution in [2.24, 2.45) is 0 Å². The van der Waals surface area contributed by atoms with Gasteiger partial charge in [0.1, 0.15) is 0 Å². The molecule has 1 rings (SSSR count). The first-order chi connectivity index (χ1) is 7.24. The van der Waals surface area contributed by atoms with Gasteiger partial charge in [0, 0.05) is 17.1 Å². The Hall–Kier alpha value is -0.410. The quantitative estimate of drug-likeness (QED) is 0.561. The number of hydrogen-bond donors (Lipinski definition) is 0. The Bertz CT molecular complexity index is 306. The molecule has 0 aliphatic rings. The van der Waals surface area contributed by atoms with Crippen LogP contribution in [0.15, 0.2) is 24.3 Å². The molecule has 0 aliphatic carbocycles. The van der Waals surface area contributed by atoms with Crippen molar-refractivity contribution in [2.45, 2.75) is 6.92 Å². The second-order valence-electron chi connectivity index (χ2n) is 3.33. The molecule has 0 bridgehead atoms. The summed E-state index contributed by atoms with van der Waals surface area (Å²) in [6.45, 7) is 2.03. The van der Waals surface area contributed by atoms with Crippen LogP contribution in [0.3, 0.4) is 0 Å². The lowest BCUT2D eigenvalue weighted by molar-refractivity contribution is 0.102. The van der Waals surface area contributed by atoms with Gasteiger partial charge in [-0.3, -0.25) is 4.79 Å². The Morgan fingerprint density at radius 3 is 2.47 bits per heavy atom. The lowest BCUT2D eigenvalue weighted by Gasteiger charge is -2.01. The molecule has 3 heteroatoms. The minimum atomic E-state index is 0.237. The molecule has 82 valence electrons. The summed E-state index contributed by atoms with van der Waals surface area (Å²) in [5, 5.41) is 0. The maximum atomic E-state index is 11.7. The summed E-state index contributed by atoms with van der Waals surface area (Å²) in [5.41, 5.74) is 2.03. The van der Waals surface area contributed by atoms with Gasteiger partial charge in [0.15, 0.2) is 5.78 Å². The number of benzene rings is 1. The van der Waals surface area contributed by atoms with Gasteiger partial charge in [0.25, 0.3) is 0 Å². The SMILES string of the molecule is CSCCSCC(=O)c1ccc(C)cc1. The van der Waals surface area contributed by atoms with Crippen LogP contribution in [0, 0.1) is 6.92 Å². The molecule has 0 radical (unpaired) electrons. The van der Waals surface area contributed by atoms with Crippen LogP contribution in [0.5, 0.6) is 0 Å². The zero-order valence-electron chi connectivity index (χ0n) is 9.16. The molecule has 0 saturated heterocycles. The predicted octanol–water partition coefficient (Wildman–Crippen LogP) is 3.27. The van der Waals surface area contributed by atoms with E-state index in [0.717, 1.165) is 17.1 Å². The summed E-state index contributed by atoms with van der Waals surface area (Å²) in [6, 6.07) is 7.79. The largest absolute Gasteiger partial charge is 0.293 e. The van der Waals surface area contributed by atoms with Gasteiger partial charge >= 0.3 is 0 Å². The Labute approximate surface area is 100 Å². The molecule has 0 aromatic heterocycles. The van der Waals surface area contributed by atoms with Crippen LogP contribution in [0.1, 0.15) is 15.9 Å². The highest BCUT2D eigenvalue weighted by atomic mass is 32.2. The summed E-state index contributed by atoms with van der Waals surface area (Å²) >= 11 is 3.53. The van der Waals surface area contributed by atoms with Crippen LogP contribution in [0.4, 0.5) is 0 Å². The molecule has 0 amide bonds. The number of thioether (sulfide) groups is 2. The van der Waals surface area contributed by atoms with E-state index >= 15 is 0 Å². The van der Waals surface area contributed by atoms with Gasteiger partial charge in [0.05, 0.1) is 5.75 Å². The predicted molar refractivity (Wildman–Crippen MR) is 71.2 cm³/mol. The van der Waals surface area contributed by atoms with Gasteiger partial charge in [-0.05, 0) is 13.2 Å². The fraction of sp³-hybridized carbons (Fsp3) is 0.417. The van der Waals surface area contributed by atoms with Gasteiger partial charge < -0.3 is 0 Å². The molecule has 0 atom stereocenters. The van der Waals surface area contributed by atoms with E-state index in [0.29, 0.717) is 5.75 Å². The first-order valence-corrected chi connectivity index (χ1v) is 7.45. The normalized spacial score (nSPS) is 10.3. The van der Waals surface area contributed by atoms with E-state index in [1.54, 1.807) is 11.8 Å². The van der Waals surface area contributed by atoms with Crippen molar-refractivity contribution in [3.8, 4) is 0 Å². The van der Waals surface area contributed by atoms with Gasteiger partial charge in [-0.1, -0.05) is 29.8 Å². The second-order valence-corrected chi connectivity index (χ2v) is 5.43. The standard InChI is InChI=1S/C12H16OS2/c1-10-3-5-11(6-4-10)12(13)9-15-8-7-14-2/h3-6H,7-9H2,1-2H3. The van der Waals surface area contributed by atoms with E-state index in [1.807, 2.05) is 43.0 Å². The van der Waals surface area contributed by atoms with Crippen molar-refractivity contribution < 1.29 is 4.79 Å². The van der Waals surface area contributed by atoms with Crippen molar-refractivity contribution in [2.75, 3.05) is 23.5 Å². The molecule has 1 aromatic carbocycles. The average Bonchev–Trinajstić information content (AvgIpc) is 2.25. The van der Waals surface area contributed by atoms with Crippen molar-refractivity contribution in [3.05, 3.63) is 35.4 Å². The highest BCUT2D eigenvalue weighted by molar-refractivity contribution is 8.02. The van der Waals surface area contributed by atoms with E-state index in [9.17, 15) is 4.79 Å². The lowest BCUT2D eigenvalue weighted by Crippen LogP contribution is -2.03. The Balaban J connectivity index is 2.37. The zero-order chi connectivity index (χ0) is 11.1. The summed E-state index contributed by atoms with van der Waals surface area (Å²) in [4.78, 5) is 11.7. The monoisotopic (exact) mass is 240 g/mol. The number of Topliss-reactive ketones (excluding diaryl/α,β-unsaturated/α-hetero) is 1. The van der Waals surface area contributed by atoms with Gasteiger partial charge in [-0.2, -0.15) is 23.5 Å². The summed E-state index contributed by atoms with van der Waals surface area (Å²) < 4.78 is 0. The highest BCUT2D eigenvalue weighted by Gasteiger charge is 2.04. The van der Waals surface area contributed by atoms with Crippen LogP contribution in [-0.2, 0) is 0 Å². The number of carbonyl (C=O) groups is 1. The molecule has 1 nitrogen and oxygen atoms in total. The Morgan fingerprint density at radius 1 is 1.20 bits per heavy atom. The van der Waals surface area contributed by atoms with E-state index in [1.165, 1.54) is 5.56 Å². The van der Waals surface area contributed by atoms with Gasteiger partial charge in [-0.15, -0.1) is 0 Å².